The quantitative estimate of drug-likeness (QED) is 0.222. The summed E-state index contributed by atoms with van der Waals surface area (Å²) in [4.78, 5) is 11.0. The standard InChI is InChI=1S/C26H36O5/c1-5-6-12-19-23-24(31-26(2,3)30-23)20-15-10-8-7-9-13-17-22(27)18-14-11-16-21-25(28)29-4/h6,8,10-15,17,20,22-24,27H,5,16,18-19,21H2,1-4H3/b10-8+,12-6-,14-11-,17-13+,20-15+/t22?,23-,24+/m0/s1. The van der Waals surface area contributed by atoms with Crippen LogP contribution in [0.5, 0.6) is 0 Å². The third-order valence-electron chi connectivity index (χ3n) is 4.36. The molecule has 1 saturated heterocycles. The van der Waals surface area contributed by atoms with Crippen molar-refractivity contribution < 1.29 is 24.1 Å². The summed E-state index contributed by atoms with van der Waals surface area (Å²) < 4.78 is 16.5. The van der Waals surface area contributed by atoms with E-state index in [4.69, 9.17) is 9.47 Å². The molecule has 5 heteroatoms. The Morgan fingerprint density at radius 1 is 1.13 bits per heavy atom. The minimum Gasteiger partial charge on any atom is -0.469 e. The fourth-order valence-electron chi connectivity index (χ4n) is 2.87. The van der Waals surface area contributed by atoms with E-state index in [2.05, 4.69) is 35.7 Å². The van der Waals surface area contributed by atoms with Crippen LogP contribution in [0.15, 0.2) is 60.8 Å². The number of methoxy groups -OCH3 is 1. The molecule has 0 amide bonds. The number of allylic oxidation sites excluding steroid dienone is 6. The monoisotopic (exact) mass is 428 g/mol. The number of carbonyl (C=O) groups excluding carboxylic acids is 1. The Kier molecular flexibility index (Phi) is 13.3. The van der Waals surface area contributed by atoms with Gasteiger partial charge in [0.15, 0.2) is 5.79 Å². The van der Waals surface area contributed by atoms with Gasteiger partial charge in [-0.1, -0.05) is 61.3 Å². The molecule has 1 unspecified atom stereocenters. The van der Waals surface area contributed by atoms with Crippen molar-refractivity contribution in [2.24, 2.45) is 0 Å². The Morgan fingerprint density at radius 2 is 1.90 bits per heavy atom. The third kappa shape index (κ3) is 12.8. The van der Waals surface area contributed by atoms with Crippen molar-refractivity contribution in [1.29, 1.82) is 0 Å². The molecule has 0 aromatic rings. The molecule has 0 spiro atoms. The molecule has 1 aliphatic rings. The molecule has 0 aliphatic carbocycles. The van der Waals surface area contributed by atoms with Crippen molar-refractivity contribution in [2.75, 3.05) is 7.11 Å². The van der Waals surface area contributed by atoms with Crippen molar-refractivity contribution >= 4 is 5.97 Å². The zero-order valence-corrected chi connectivity index (χ0v) is 19.1. The van der Waals surface area contributed by atoms with Gasteiger partial charge in [-0.2, -0.15) is 0 Å². The first-order valence-corrected chi connectivity index (χ1v) is 10.8. The fourth-order valence-corrected chi connectivity index (χ4v) is 2.87. The van der Waals surface area contributed by atoms with Crippen LogP contribution in [0.25, 0.3) is 0 Å². The molecule has 1 heterocycles. The molecule has 5 nitrogen and oxygen atoms in total. The average molecular weight is 429 g/mol. The lowest BCUT2D eigenvalue weighted by atomic mass is 10.1. The van der Waals surface area contributed by atoms with Crippen LogP contribution >= 0.6 is 0 Å². The van der Waals surface area contributed by atoms with Crippen LogP contribution in [0, 0.1) is 11.8 Å². The average Bonchev–Trinajstić information content (AvgIpc) is 3.03. The van der Waals surface area contributed by atoms with Gasteiger partial charge in [-0.05, 0) is 57.8 Å². The normalized spacial score (nSPS) is 22.1. The van der Waals surface area contributed by atoms with Crippen LogP contribution in [-0.2, 0) is 19.0 Å². The molecular formula is C26H36O5. The van der Waals surface area contributed by atoms with Crippen molar-refractivity contribution in [1.82, 2.24) is 0 Å². The van der Waals surface area contributed by atoms with Gasteiger partial charge in [0.05, 0.1) is 19.3 Å². The number of hydrogen-bond donors (Lipinski definition) is 1. The lowest BCUT2D eigenvalue weighted by Gasteiger charge is -2.16. The number of rotatable bonds is 11. The number of aliphatic hydroxyl groups excluding tert-OH is 1. The van der Waals surface area contributed by atoms with Crippen LogP contribution in [-0.4, -0.2) is 42.3 Å². The van der Waals surface area contributed by atoms with Gasteiger partial charge in [0, 0.05) is 6.42 Å². The highest BCUT2D eigenvalue weighted by molar-refractivity contribution is 5.69. The molecule has 0 bridgehead atoms. The Hall–Kier alpha value is -2.39. The van der Waals surface area contributed by atoms with Crippen LogP contribution < -0.4 is 0 Å². The second-order valence-corrected chi connectivity index (χ2v) is 7.54. The first kappa shape index (κ1) is 26.6. The molecule has 0 saturated carbocycles. The summed E-state index contributed by atoms with van der Waals surface area (Å²) in [5, 5.41) is 9.85. The maximum Gasteiger partial charge on any atom is 0.305 e. The molecule has 1 N–H and O–H groups in total. The predicted octanol–water partition coefficient (Wildman–Crippen LogP) is 4.80. The molecule has 0 radical (unpaired) electrons. The minimum absolute atomic E-state index is 0.00692. The van der Waals surface area contributed by atoms with Gasteiger partial charge in [-0.25, -0.2) is 0 Å². The summed E-state index contributed by atoms with van der Waals surface area (Å²) in [6, 6.07) is 0. The van der Waals surface area contributed by atoms with E-state index < -0.39 is 11.9 Å². The van der Waals surface area contributed by atoms with Gasteiger partial charge in [-0.3, -0.25) is 4.79 Å². The molecule has 170 valence electrons. The smallest absolute Gasteiger partial charge is 0.305 e. The maximum absolute atomic E-state index is 11.0. The zero-order chi connectivity index (χ0) is 23.0. The van der Waals surface area contributed by atoms with E-state index in [9.17, 15) is 9.90 Å². The summed E-state index contributed by atoms with van der Waals surface area (Å²) >= 11 is 0. The van der Waals surface area contributed by atoms with Crippen molar-refractivity contribution in [2.45, 2.75) is 77.0 Å². The SMILES string of the molecule is CC/C=C\C[C@@H]1OC(C)(C)O[C@@H]1/C=C/C=C/C#C/C=C/C(O)C/C=C\CCC(=O)OC. The van der Waals surface area contributed by atoms with Gasteiger partial charge in [0.2, 0.25) is 0 Å². The Bertz CT molecular complexity index is 731. The third-order valence-corrected chi connectivity index (χ3v) is 4.36. The number of esters is 1. The van der Waals surface area contributed by atoms with E-state index >= 15 is 0 Å². The molecular weight excluding hydrogens is 392 g/mol. The maximum atomic E-state index is 11.0. The summed E-state index contributed by atoms with van der Waals surface area (Å²) in [5.74, 6) is 4.95. The highest BCUT2D eigenvalue weighted by Gasteiger charge is 2.38. The summed E-state index contributed by atoms with van der Waals surface area (Å²) in [7, 11) is 1.37. The first-order valence-electron chi connectivity index (χ1n) is 10.8. The summed E-state index contributed by atoms with van der Waals surface area (Å²) in [6.07, 6.45) is 21.3. The largest absolute Gasteiger partial charge is 0.469 e. The molecule has 3 atom stereocenters. The molecule has 31 heavy (non-hydrogen) atoms. The van der Waals surface area contributed by atoms with Crippen LogP contribution in [0.3, 0.4) is 0 Å². The minimum atomic E-state index is -0.603. The van der Waals surface area contributed by atoms with E-state index in [1.165, 1.54) is 7.11 Å². The van der Waals surface area contributed by atoms with Gasteiger partial charge in [-0.15, -0.1) is 0 Å². The highest BCUT2D eigenvalue weighted by Crippen LogP contribution is 2.30. The zero-order valence-electron chi connectivity index (χ0n) is 19.1. The van der Waals surface area contributed by atoms with Gasteiger partial charge >= 0.3 is 5.97 Å². The number of ether oxygens (including phenoxy) is 3. The number of aliphatic hydroxyl groups is 1. The molecule has 1 fully saturated rings. The Morgan fingerprint density at radius 3 is 2.65 bits per heavy atom. The van der Waals surface area contributed by atoms with E-state index in [1.54, 1.807) is 18.2 Å². The summed E-state index contributed by atoms with van der Waals surface area (Å²) in [6.45, 7) is 5.97. The second-order valence-electron chi connectivity index (χ2n) is 7.54. The van der Waals surface area contributed by atoms with Crippen LogP contribution in [0.2, 0.25) is 0 Å². The molecule has 0 aromatic heterocycles. The van der Waals surface area contributed by atoms with Crippen LogP contribution in [0.4, 0.5) is 0 Å². The molecule has 0 aromatic carbocycles. The van der Waals surface area contributed by atoms with Gasteiger partial charge in [0.1, 0.15) is 6.10 Å². The summed E-state index contributed by atoms with van der Waals surface area (Å²) in [5.41, 5.74) is 0. The highest BCUT2D eigenvalue weighted by atomic mass is 16.7. The Labute approximate surface area is 187 Å². The van der Waals surface area contributed by atoms with Crippen LogP contribution in [0.1, 0.15) is 52.9 Å². The number of carbonyl (C=O) groups is 1. The van der Waals surface area contributed by atoms with E-state index in [0.29, 0.717) is 19.3 Å². The first-order chi connectivity index (χ1) is 14.9. The van der Waals surface area contributed by atoms with E-state index in [-0.39, 0.29) is 18.2 Å². The van der Waals surface area contributed by atoms with Gasteiger partial charge in [0.25, 0.3) is 0 Å². The lowest BCUT2D eigenvalue weighted by molar-refractivity contribution is -0.142. The topological polar surface area (TPSA) is 65.0 Å². The van der Waals surface area contributed by atoms with Crippen molar-refractivity contribution in [3.05, 3.63) is 60.8 Å². The fraction of sp³-hybridized carbons (Fsp3) is 0.500. The van der Waals surface area contributed by atoms with E-state index in [1.807, 2.05) is 44.2 Å². The lowest BCUT2D eigenvalue weighted by Crippen LogP contribution is -2.21. The second kappa shape index (κ2) is 15.4. The van der Waals surface area contributed by atoms with E-state index in [0.717, 1.165) is 12.8 Å². The predicted molar refractivity (Wildman–Crippen MR) is 124 cm³/mol. The Balaban J connectivity index is 2.37. The molecule has 1 rings (SSSR count). The van der Waals surface area contributed by atoms with Crippen molar-refractivity contribution in [3.8, 4) is 11.8 Å². The van der Waals surface area contributed by atoms with Gasteiger partial charge < -0.3 is 19.3 Å². The number of hydrogen-bond acceptors (Lipinski definition) is 5. The molecule has 1 aliphatic heterocycles. The van der Waals surface area contributed by atoms with Crippen molar-refractivity contribution in [3.63, 3.8) is 0 Å².